The minimum Gasteiger partial charge on any atom is -0.496 e. The third-order valence-corrected chi connectivity index (χ3v) is 5.61. The molecule has 0 fully saturated rings. The molecule has 2 nitrogen and oxygen atoms in total. The maximum Gasteiger partial charge on any atom is 0.122 e. The average molecular weight is 357 g/mol. The molecule has 2 heteroatoms. The Labute approximate surface area is 162 Å². The second-order valence-electron chi connectivity index (χ2n) is 7.37. The Balaban J connectivity index is 1.60. The van der Waals surface area contributed by atoms with E-state index in [0.717, 1.165) is 31.7 Å². The smallest absolute Gasteiger partial charge is 0.122 e. The lowest BCUT2D eigenvalue weighted by atomic mass is 9.86. The molecule has 4 rings (SSSR count). The molecule has 0 radical (unpaired) electrons. The van der Waals surface area contributed by atoms with Gasteiger partial charge in [-0.25, -0.2) is 0 Å². The molecule has 3 aromatic rings. The summed E-state index contributed by atoms with van der Waals surface area (Å²) in [5.41, 5.74) is 5.59. The lowest BCUT2D eigenvalue weighted by Crippen LogP contribution is -2.38. The van der Waals surface area contributed by atoms with Crippen LogP contribution >= 0.6 is 0 Å². The summed E-state index contributed by atoms with van der Waals surface area (Å²) in [4.78, 5) is 2.64. The van der Waals surface area contributed by atoms with Crippen molar-refractivity contribution in [1.29, 1.82) is 0 Å². The molecule has 0 saturated heterocycles. The van der Waals surface area contributed by atoms with Crippen LogP contribution in [0.2, 0.25) is 0 Å². The fourth-order valence-corrected chi connectivity index (χ4v) is 4.19. The van der Waals surface area contributed by atoms with Crippen LogP contribution in [0.25, 0.3) is 0 Å². The van der Waals surface area contributed by atoms with Crippen molar-refractivity contribution in [2.45, 2.75) is 38.4 Å². The van der Waals surface area contributed by atoms with Gasteiger partial charge in [0.2, 0.25) is 0 Å². The van der Waals surface area contributed by atoms with Gasteiger partial charge >= 0.3 is 0 Å². The third-order valence-electron chi connectivity index (χ3n) is 5.61. The zero-order valence-corrected chi connectivity index (χ0v) is 16.0. The lowest BCUT2D eigenvalue weighted by Gasteiger charge is -2.36. The van der Waals surface area contributed by atoms with Crippen LogP contribution in [0, 0.1) is 0 Å². The predicted molar refractivity (Wildman–Crippen MR) is 111 cm³/mol. The van der Waals surface area contributed by atoms with Crippen molar-refractivity contribution in [2.75, 3.05) is 7.11 Å². The normalized spacial score (nSPS) is 16.1. The van der Waals surface area contributed by atoms with Gasteiger partial charge in [-0.1, -0.05) is 72.8 Å². The Morgan fingerprint density at radius 2 is 1.44 bits per heavy atom. The number of nitrogens with zero attached hydrogens (tertiary/aromatic N) is 1. The van der Waals surface area contributed by atoms with Crippen LogP contribution < -0.4 is 4.74 Å². The van der Waals surface area contributed by atoms with Crippen molar-refractivity contribution in [3.05, 3.63) is 101 Å². The Bertz CT molecular complexity index is 804. The molecule has 0 unspecified atom stereocenters. The molecule has 3 aromatic carbocycles. The summed E-state index contributed by atoms with van der Waals surface area (Å²) in [6.07, 6.45) is 3.37. The summed E-state index contributed by atoms with van der Waals surface area (Å²) in [6, 6.07) is 28.6. The first-order chi connectivity index (χ1) is 13.3. The number of benzene rings is 3. The zero-order valence-electron chi connectivity index (χ0n) is 16.0. The summed E-state index contributed by atoms with van der Waals surface area (Å²) >= 11 is 0. The van der Waals surface area contributed by atoms with Gasteiger partial charge in [0.15, 0.2) is 0 Å². The fraction of sp³-hybridized carbons (Fsp3) is 0.280. The van der Waals surface area contributed by atoms with Gasteiger partial charge in [-0.15, -0.1) is 0 Å². The first kappa shape index (κ1) is 17.8. The molecular formula is C25H27NO. The monoisotopic (exact) mass is 357 g/mol. The van der Waals surface area contributed by atoms with Crippen LogP contribution in [0.4, 0.5) is 0 Å². The summed E-state index contributed by atoms with van der Waals surface area (Å²) in [5.74, 6) is 1.04. The predicted octanol–water partition coefficient (Wildman–Crippen LogP) is 5.25. The molecule has 0 aromatic heterocycles. The second kappa shape index (κ2) is 8.41. The van der Waals surface area contributed by atoms with E-state index in [4.69, 9.17) is 4.74 Å². The van der Waals surface area contributed by atoms with E-state index in [-0.39, 0.29) is 0 Å². The topological polar surface area (TPSA) is 12.5 Å². The van der Waals surface area contributed by atoms with E-state index in [9.17, 15) is 0 Å². The highest BCUT2D eigenvalue weighted by Gasteiger charge is 2.26. The van der Waals surface area contributed by atoms with Crippen LogP contribution in [0.5, 0.6) is 5.75 Å². The highest BCUT2D eigenvalue weighted by molar-refractivity contribution is 5.42. The molecular weight excluding hydrogens is 330 g/mol. The highest BCUT2D eigenvalue weighted by atomic mass is 16.5. The van der Waals surface area contributed by atoms with Gasteiger partial charge in [0.25, 0.3) is 0 Å². The maximum absolute atomic E-state index is 5.66. The first-order valence-corrected chi connectivity index (χ1v) is 9.80. The van der Waals surface area contributed by atoms with Gasteiger partial charge in [0.05, 0.1) is 7.11 Å². The largest absolute Gasteiger partial charge is 0.496 e. The molecule has 1 atom stereocenters. The van der Waals surface area contributed by atoms with Crippen LogP contribution in [0.15, 0.2) is 78.9 Å². The summed E-state index contributed by atoms with van der Waals surface area (Å²) in [7, 11) is 1.78. The molecule has 1 aliphatic carbocycles. The van der Waals surface area contributed by atoms with Gasteiger partial charge < -0.3 is 4.74 Å². The van der Waals surface area contributed by atoms with E-state index >= 15 is 0 Å². The molecule has 0 spiro atoms. The van der Waals surface area contributed by atoms with Crippen molar-refractivity contribution in [3.63, 3.8) is 0 Å². The Morgan fingerprint density at radius 3 is 2.04 bits per heavy atom. The standard InChI is InChI=1S/C25H27NO/c1-27-25-14-8-13-22-15-16-23(17-24(22)25)26(18-20-9-4-2-5-10-20)19-21-11-6-3-7-12-21/h2-14,23H,15-19H2,1H3/t23-/m1/s1. The molecule has 1 aliphatic rings. The second-order valence-corrected chi connectivity index (χ2v) is 7.37. The summed E-state index contributed by atoms with van der Waals surface area (Å²) in [6.45, 7) is 1.95. The molecule has 27 heavy (non-hydrogen) atoms. The number of hydrogen-bond donors (Lipinski definition) is 0. The number of methoxy groups -OCH3 is 1. The molecule has 0 amide bonds. The molecule has 0 bridgehead atoms. The van der Waals surface area contributed by atoms with Gasteiger partial charge in [-0.05, 0) is 47.6 Å². The van der Waals surface area contributed by atoms with Crippen LogP contribution in [-0.2, 0) is 25.9 Å². The highest BCUT2D eigenvalue weighted by Crippen LogP contribution is 2.32. The number of rotatable bonds is 6. The fourth-order valence-electron chi connectivity index (χ4n) is 4.19. The van der Waals surface area contributed by atoms with E-state index in [1.165, 1.54) is 28.7 Å². The van der Waals surface area contributed by atoms with E-state index in [2.05, 4.69) is 83.8 Å². The van der Waals surface area contributed by atoms with Crippen LogP contribution in [0.1, 0.15) is 28.7 Å². The van der Waals surface area contributed by atoms with Crippen molar-refractivity contribution >= 4 is 0 Å². The van der Waals surface area contributed by atoms with E-state index in [0.29, 0.717) is 6.04 Å². The molecule has 0 N–H and O–H groups in total. The maximum atomic E-state index is 5.66. The number of hydrogen-bond acceptors (Lipinski definition) is 2. The van der Waals surface area contributed by atoms with Gasteiger partial charge in [0, 0.05) is 19.1 Å². The third kappa shape index (κ3) is 4.23. The first-order valence-electron chi connectivity index (χ1n) is 9.80. The van der Waals surface area contributed by atoms with Crippen molar-refractivity contribution < 1.29 is 4.74 Å². The minimum absolute atomic E-state index is 0.522. The Kier molecular flexibility index (Phi) is 5.55. The SMILES string of the molecule is COc1cccc2c1C[C@H](N(Cc1ccccc1)Cc1ccccc1)CC2. The summed E-state index contributed by atoms with van der Waals surface area (Å²) in [5, 5.41) is 0. The Hall–Kier alpha value is -2.58. The van der Waals surface area contributed by atoms with Crippen molar-refractivity contribution in [2.24, 2.45) is 0 Å². The van der Waals surface area contributed by atoms with E-state index in [1.807, 2.05) is 0 Å². The van der Waals surface area contributed by atoms with Crippen LogP contribution in [0.3, 0.4) is 0 Å². The number of fused-ring (bicyclic) bond motifs is 1. The molecule has 0 saturated carbocycles. The molecule has 0 aliphatic heterocycles. The quantitative estimate of drug-likeness (QED) is 0.597. The zero-order chi connectivity index (χ0) is 18.5. The lowest BCUT2D eigenvalue weighted by molar-refractivity contribution is 0.161. The summed E-state index contributed by atoms with van der Waals surface area (Å²) < 4.78 is 5.66. The van der Waals surface area contributed by atoms with Gasteiger partial charge in [0.1, 0.15) is 5.75 Å². The molecule has 0 heterocycles. The van der Waals surface area contributed by atoms with Crippen molar-refractivity contribution in [1.82, 2.24) is 4.90 Å². The van der Waals surface area contributed by atoms with Crippen LogP contribution in [-0.4, -0.2) is 18.1 Å². The molecule has 138 valence electrons. The van der Waals surface area contributed by atoms with Gasteiger partial charge in [-0.2, -0.15) is 0 Å². The Morgan fingerprint density at radius 1 is 0.815 bits per heavy atom. The van der Waals surface area contributed by atoms with E-state index < -0.39 is 0 Å². The van der Waals surface area contributed by atoms with Crippen molar-refractivity contribution in [3.8, 4) is 5.75 Å². The number of aryl methyl sites for hydroxylation is 1. The van der Waals surface area contributed by atoms with Gasteiger partial charge in [-0.3, -0.25) is 4.90 Å². The minimum atomic E-state index is 0.522. The average Bonchev–Trinajstić information content (AvgIpc) is 2.74. The van der Waals surface area contributed by atoms with E-state index in [1.54, 1.807) is 7.11 Å². The number of ether oxygens (including phenoxy) is 1.